The van der Waals surface area contributed by atoms with E-state index in [4.69, 9.17) is 11.6 Å². The smallest absolute Gasteiger partial charge is 0.191 e. The van der Waals surface area contributed by atoms with Crippen LogP contribution in [0.25, 0.3) is 0 Å². The van der Waals surface area contributed by atoms with Crippen molar-refractivity contribution in [2.45, 2.75) is 26.0 Å². The summed E-state index contributed by atoms with van der Waals surface area (Å²) in [6.07, 6.45) is 0.133. The van der Waals surface area contributed by atoms with Crippen molar-refractivity contribution in [1.82, 2.24) is 10.6 Å². The fraction of sp³-hybridized carbons (Fsp3) is 0.316. The second-order valence-electron chi connectivity index (χ2n) is 5.51. The maximum absolute atomic E-state index is 10.2. The van der Waals surface area contributed by atoms with Crippen LogP contribution in [0.3, 0.4) is 0 Å². The zero-order valence-electron chi connectivity index (χ0n) is 14.3. The van der Waals surface area contributed by atoms with Gasteiger partial charge in [0.05, 0.1) is 12.6 Å². The van der Waals surface area contributed by atoms with E-state index in [1.54, 1.807) is 0 Å². The molecule has 0 spiro atoms. The van der Waals surface area contributed by atoms with Crippen LogP contribution >= 0.6 is 35.6 Å². The molecule has 2 rings (SSSR count). The van der Waals surface area contributed by atoms with E-state index in [0.717, 1.165) is 17.7 Å². The van der Waals surface area contributed by atoms with Crippen molar-refractivity contribution in [2.24, 2.45) is 4.99 Å². The van der Waals surface area contributed by atoms with Crippen LogP contribution in [-0.2, 0) is 13.0 Å². The third-order valence-electron chi connectivity index (χ3n) is 3.53. The van der Waals surface area contributed by atoms with Gasteiger partial charge in [0.25, 0.3) is 0 Å². The molecule has 3 N–H and O–H groups in total. The zero-order valence-corrected chi connectivity index (χ0v) is 17.4. The number of nitrogens with one attached hydrogen (secondary N) is 2. The van der Waals surface area contributed by atoms with Gasteiger partial charge in [-0.1, -0.05) is 60.1 Å². The van der Waals surface area contributed by atoms with E-state index >= 15 is 0 Å². The molecule has 1 unspecified atom stereocenters. The highest BCUT2D eigenvalue weighted by Gasteiger charge is 2.07. The van der Waals surface area contributed by atoms with Crippen LogP contribution in [0.1, 0.15) is 18.1 Å². The largest absolute Gasteiger partial charge is 0.391 e. The van der Waals surface area contributed by atoms with Gasteiger partial charge in [0.2, 0.25) is 0 Å². The van der Waals surface area contributed by atoms with Gasteiger partial charge in [0, 0.05) is 24.5 Å². The lowest BCUT2D eigenvalue weighted by Crippen LogP contribution is -2.41. The molecular formula is C19H25ClIN3O. The third kappa shape index (κ3) is 8.07. The molecule has 0 fully saturated rings. The average molecular weight is 474 g/mol. The van der Waals surface area contributed by atoms with E-state index in [2.05, 4.69) is 15.6 Å². The SMILES string of the molecule is CCNC(=NCc1ccccc1Cl)NCC(O)Cc1ccccc1.I. The number of halogens is 2. The van der Waals surface area contributed by atoms with Crippen molar-refractivity contribution in [3.8, 4) is 0 Å². The van der Waals surface area contributed by atoms with E-state index in [1.807, 2.05) is 61.5 Å². The fourth-order valence-corrected chi connectivity index (χ4v) is 2.50. The number of guanidine groups is 1. The van der Waals surface area contributed by atoms with E-state index in [-0.39, 0.29) is 24.0 Å². The zero-order chi connectivity index (χ0) is 17.2. The van der Waals surface area contributed by atoms with Crippen LogP contribution in [0.4, 0.5) is 0 Å². The minimum atomic E-state index is -0.475. The Morgan fingerprint density at radius 3 is 2.44 bits per heavy atom. The Kier molecular flexibility index (Phi) is 10.5. The van der Waals surface area contributed by atoms with Gasteiger partial charge >= 0.3 is 0 Å². The molecule has 0 radical (unpaired) electrons. The monoisotopic (exact) mass is 473 g/mol. The molecule has 1 atom stereocenters. The first-order valence-electron chi connectivity index (χ1n) is 8.16. The normalized spacial score (nSPS) is 12.2. The molecule has 0 saturated heterocycles. The molecule has 0 aromatic heterocycles. The van der Waals surface area contributed by atoms with Gasteiger partial charge < -0.3 is 15.7 Å². The Bertz CT molecular complexity index is 652. The average Bonchev–Trinajstić information content (AvgIpc) is 2.59. The second-order valence-corrected chi connectivity index (χ2v) is 5.92. The van der Waals surface area contributed by atoms with Crippen LogP contribution < -0.4 is 10.6 Å². The third-order valence-corrected chi connectivity index (χ3v) is 3.90. The molecule has 0 amide bonds. The number of rotatable bonds is 7. The van der Waals surface area contributed by atoms with Crippen molar-refractivity contribution in [3.63, 3.8) is 0 Å². The van der Waals surface area contributed by atoms with E-state index in [1.165, 1.54) is 0 Å². The van der Waals surface area contributed by atoms with E-state index < -0.39 is 6.10 Å². The number of aliphatic hydroxyl groups is 1. The fourth-order valence-electron chi connectivity index (χ4n) is 2.31. The minimum Gasteiger partial charge on any atom is -0.391 e. The Morgan fingerprint density at radius 1 is 1.08 bits per heavy atom. The van der Waals surface area contributed by atoms with Gasteiger partial charge in [0.15, 0.2) is 5.96 Å². The molecule has 0 heterocycles. The van der Waals surface area contributed by atoms with Crippen molar-refractivity contribution in [1.29, 1.82) is 0 Å². The quantitative estimate of drug-likeness (QED) is 0.327. The van der Waals surface area contributed by atoms with Crippen molar-refractivity contribution in [2.75, 3.05) is 13.1 Å². The summed E-state index contributed by atoms with van der Waals surface area (Å²) < 4.78 is 0. The summed E-state index contributed by atoms with van der Waals surface area (Å²) in [6, 6.07) is 17.6. The van der Waals surface area contributed by atoms with Gasteiger partial charge in [-0.2, -0.15) is 0 Å². The topological polar surface area (TPSA) is 56.7 Å². The number of hydrogen-bond donors (Lipinski definition) is 3. The first kappa shape index (κ1) is 21.7. The predicted molar refractivity (Wildman–Crippen MR) is 116 cm³/mol. The first-order valence-corrected chi connectivity index (χ1v) is 8.54. The Balaban J connectivity index is 0.00000312. The van der Waals surface area contributed by atoms with Gasteiger partial charge in [-0.15, -0.1) is 24.0 Å². The molecule has 0 aliphatic heterocycles. The van der Waals surface area contributed by atoms with Crippen LogP contribution in [-0.4, -0.2) is 30.3 Å². The summed E-state index contributed by atoms with van der Waals surface area (Å²) in [7, 11) is 0. The second kappa shape index (κ2) is 12.1. The standard InChI is InChI=1S/C19H24ClN3O.HI/c1-2-21-19(22-13-16-10-6-7-11-18(16)20)23-14-17(24)12-15-8-4-3-5-9-15;/h3-11,17,24H,2,12-14H2,1H3,(H2,21,22,23);1H. The van der Waals surface area contributed by atoms with Gasteiger partial charge in [-0.25, -0.2) is 4.99 Å². The summed E-state index contributed by atoms with van der Waals surface area (Å²) in [5.74, 6) is 0.671. The lowest BCUT2D eigenvalue weighted by Gasteiger charge is -2.15. The Hall–Kier alpha value is -1.31. The number of hydrogen-bond acceptors (Lipinski definition) is 2. The summed E-state index contributed by atoms with van der Waals surface area (Å²) >= 11 is 6.15. The predicted octanol–water partition coefficient (Wildman–Crippen LogP) is 3.62. The summed E-state index contributed by atoms with van der Waals surface area (Å²) in [4.78, 5) is 4.52. The van der Waals surface area contributed by atoms with Crippen LogP contribution in [0.5, 0.6) is 0 Å². The molecule has 2 aromatic rings. The molecule has 4 nitrogen and oxygen atoms in total. The molecular weight excluding hydrogens is 449 g/mol. The summed E-state index contributed by atoms with van der Waals surface area (Å²) in [6.45, 7) is 3.68. The summed E-state index contributed by atoms with van der Waals surface area (Å²) in [5, 5.41) is 17.2. The Labute approximate surface area is 171 Å². The van der Waals surface area contributed by atoms with E-state index in [0.29, 0.717) is 30.5 Å². The molecule has 25 heavy (non-hydrogen) atoms. The summed E-state index contributed by atoms with van der Waals surface area (Å²) in [5.41, 5.74) is 2.09. The van der Waals surface area contributed by atoms with Crippen molar-refractivity contribution in [3.05, 3.63) is 70.7 Å². The molecule has 6 heteroatoms. The maximum atomic E-state index is 10.2. The van der Waals surface area contributed by atoms with Crippen molar-refractivity contribution < 1.29 is 5.11 Å². The van der Waals surface area contributed by atoms with Crippen LogP contribution in [0.2, 0.25) is 5.02 Å². The first-order chi connectivity index (χ1) is 11.7. The van der Waals surface area contributed by atoms with Crippen LogP contribution in [0, 0.1) is 0 Å². The maximum Gasteiger partial charge on any atom is 0.191 e. The van der Waals surface area contributed by atoms with Crippen LogP contribution in [0.15, 0.2) is 59.6 Å². The molecule has 136 valence electrons. The number of aliphatic hydroxyl groups excluding tert-OH is 1. The lowest BCUT2D eigenvalue weighted by molar-refractivity contribution is 0.177. The molecule has 0 bridgehead atoms. The van der Waals surface area contributed by atoms with Gasteiger partial charge in [0.1, 0.15) is 0 Å². The number of aliphatic imine (C=N–C) groups is 1. The van der Waals surface area contributed by atoms with E-state index in [9.17, 15) is 5.11 Å². The molecule has 0 saturated carbocycles. The van der Waals surface area contributed by atoms with Gasteiger partial charge in [-0.05, 0) is 24.1 Å². The number of nitrogens with zero attached hydrogens (tertiary/aromatic N) is 1. The molecule has 2 aromatic carbocycles. The molecule has 0 aliphatic rings. The Morgan fingerprint density at radius 2 is 1.76 bits per heavy atom. The highest BCUT2D eigenvalue weighted by Crippen LogP contribution is 2.15. The highest BCUT2D eigenvalue weighted by atomic mass is 127. The van der Waals surface area contributed by atoms with Gasteiger partial charge in [-0.3, -0.25) is 0 Å². The molecule has 0 aliphatic carbocycles. The van der Waals surface area contributed by atoms with Crippen molar-refractivity contribution >= 4 is 41.5 Å². The lowest BCUT2D eigenvalue weighted by atomic mass is 10.1. The number of benzene rings is 2. The highest BCUT2D eigenvalue weighted by molar-refractivity contribution is 14.0. The minimum absolute atomic E-state index is 0.